The first-order valence-corrected chi connectivity index (χ1v) is 10.4. The molecule has 1 amide bonds. The molecule has 0 aliphatic carbocycles. The van der Waals surface area contributed by atoms with E-state index in [1.165, 1.54) is 11.6 Å². The van der Waals surface area contributed by atoms with E-state index in [4.69, 9.17) is 4.74 Å². The van der Waals surface area contributed by atoms with Crippen LogP contribution in [0.5, 0.6) is 5.75 Å². The van der Waals surface area contributed by atoms with E-state index in [1.807, 2.05) is 48.5 Å². The van der Waals surface area contributed by atoms with E-state index in [9.17, 15) is 14.7 Å². The van der Waals surface area contributed by atoms with Gasteiger partial charge in [0.1, 0.15) is 12.4 Å². The second-order valence-corrected chi connectivity index (χ2v) is 8.01. The molecule has 3 aromatic carbocycles. The molecule has 1 saturated heterocycles. The number of nitrogens with zero attached hydrogens (tertiary/aromatic N) is 2. The van der Waals surface area contributed by atoms with Gasteiger partial charge in [0.05, 0.1) is 11.5 Å². The minimum atomic E-state index is -1.28. The fourth-order valence-electron chi connectivity index (χ4n) is 3.15. The zero-order valence-corrected chi connectivity index (χ0v) is 17.2. The minimum absolute atomic E-state index is 0.260. The third-order valence-corrected chi connectivity index (χ3v) is 5.69. The van der Waals surface area contributed by atoms with Crippen LogP contribution in [0.25, 0.3) is 10.8 Å². The maximum atomic E-state index is 11.7. The normalized spacial score (nSPS) is 17.4. The van der Waals surface area contributed by atoms with Gasteiger partial charge in [0, 0.05) is 12.4 Å². The number of thioether (sulfide) groups is 1. The van der Waals surface area contributed by atoms with Crippen molar-refractivity contribution in [1.82, 2.24) is 5.32 Å². The topological polar surface area (TPSA) is 103 Å². The van der Waals surface area contributed by atoms with E-state index in [2.05, 4.69) is 33.7 Å². The number of carboxylic acid groups (broad SMARTS) is 1. The average Bonchev–Trinajstić information content (AvgIpc) is 3.11. The van der Waals surface area contributed by atoms with E-state index in [0.717, 1.165) is 28.3 Å². The van der Waals surface area contributed by atoms with Crippen molar-refractivity contribution in [2.75, 3.05) is 0 Å². The summed E-state index contributed by atoms with van der Waals surface area (Å²) in [6.07, 6.45) is 1.17. The maximum Gasteiger partial charge on any atom is 0.239 e. The Morgan fingerprint density at radius 1 is 1.13 bits per heavy atom. The van der Waals surface area contributed by atoms with Crippen molar-refractivity contribution >= 4 is 45.8 Å². The van der Waals surface area contributed by atoms with Crippen LogP contribution >= 0.6 is 11.8 Å². The van der Waals surface area contributed by atoms with Gasteiger partial charge in [-0.1, -0.05) is 66.4 Å². The Hall–Kier alpha value is -3.65. The number of rotatable bonds is 7. The summed E-state index contributed by atoms with van der Waals surface area (Å²) in [7, 11) is 0. The number of benzene rings is 3. The summed E-state index contributed by atoms with van der Waals surface area (Å²) in [5, 5.41) is 22.9. The van der Waals surface area contributed by atoms with Gasteiger partial charge in [0.15, 0.2) is 5.17 Å². The van der Waals surface area contributed by atoms with Gasteiger partial charge in [-0.05, 0) is 34.0 Å². The number of hydrogen-bond acceptors (Lipinski definition) is 7. The van der Waals surface area contributed by atoms with Gasteiger partial charge >= 0.3 is 0 Å². The number of nitrogens with one attached hydrogen (secondary N) is 1. The van der Waals surface area contributed by atoms with Crippen molar-refractivity contribution in [3.63, 3.8) is 0 Å². The van der Waals surface area contributed by atoms with E-state index in [1.54, 1.807) is 0 Å². The van der Waals surface area contributed by atoms with Crippen LogP contribution in [0.2, 0.25) is 0 Å². The van der Waals surface area contributed by atoms with Gasteiger partial charge in [-0.2, -0.15) is 5.10 Å². The number of carbonyl (C=O) groups is 2. The van der Waals surface area contributed by atoms with Crippen LogP contribution in [0.3, 0.4) is 0 Å². The molecule has 3 aromatic rings. The molecule has 1 aliphatic heterocycles. The number of fused-ring (bicyclic) bond motifs is 1. The Balaban J connectivity index is 1.39. The fraction of sp³-hybridized carbons (Fsp3) is 0.130. The summed E-state index contributed by atoms with van der Waals surface area (Å²) in [4.78, 5) is 22.4. The van der Waals surface area contributed by atoms with Gasteiger partial charge < -0.3 is 20.0 Å². The van der Waals surface area contributed by atoms with Gasteiger partial charge in [-0.3, -0.25) is 4.79 Å². The summed E-state index contributed by atoms with van der Waals surface area (Å²) in [6, 6.07) is 21.7. The number of aliphatic carboxylic acids is 1. The van der Waals surface area contributed by atoms with Crippen LogP contribution < -0.4 is 15.2 Å². The lowest BCUT2D eigenvalue weighted by Gasteiger charge is -2.09. The summed E-state index contributed by atoms with van der Waals surface area (Å²) >= 11 is 1.02. The molecule has 1 N–H and O–H groups in total. The molecule has 7 nitrogen and oxygen atoms in total. The molecular weight excluding hydrogens is 414 g/mol. The van der Waals surface area contributed by atoms with Gasteiger partial charge in [0.2, 0.25) is 5.91 Å². The lowest BCUT2D eigenvalue weighted by atomic mass is 10.1. The Morgan fingerprint density at radius 2 is 1.94 bits per heavy atom. The van der Waals surface area contributed by atoms with Crippen molar-refractivity contribution in [3.05, 3.63) is 77.9 Å². The van der Waals surface area contributed by atoms with Crippen LogP contribution in [-0.4, -0.2) is 28.5 Å². The molecule has 4 rings (SSSR count). The standard InChI is InChI=1S/C23H19N3O4S/c27-21(28)12-20-22(29)25-23(31-20)26-24-13-15-5-3-9-18(11-15)30-14-17-8-4-7-16-6-1-2-10-19(16)17/h1-11,13,20H,12,14H2,(H,27,28)(H,25,26,29)/p-1/b24-13-/t20-/m0/s1. The van der Waals surface area contributed by atoms with Crippen LogP contribution in [-0.2, 0) is 16.2 Å². The predicted octanol–water partition coefficient (Wildman–Crippen LogP) is 2.48. The molecule has 156 valence electrons. The number of amides is 1. The van der Waals surface area contributed by atoms with Gasteiger partial charge in [-0.25, -0.2) is 0 Å². The first-order valence-electron chi connectivity index (χ1n) is 9.56. The number of hydrogen-bond donors (Lipinski definition) is 1. The number of carbonyl (C=O) groups excluding carboxylic acids is 2. The highest BCUT2D eigenvalue weighted by Crippen LogP contribution is 2.23. The van der Waals surface area contributed by atoms with Gasteiger partial charge in [0.25, 0.3) is 0 Å². The summed E-state index contributed by atoms with van der Waals surface area (Å²) in [5.41, 5.74) is 1.88. The molecule has 0 bridgehead atoms. The zero-order chi connectivity index (χ0) is 21.6. The molecule has 1 heterocycles. The molecule has 0 radical (unpaired) electrons. The fourth-order valence-corrected chi connectivity index (χ4v) is 4.06. The van der Waals surface area contributed by atoms with Crippen molar-refractivity contribution in [2.45, 2.75) is 18.3 Å². The largest absolute Gasteiger partial charge is 0.550 e. The predicted molar refractivity (Wildman–Crippen MR) is 119 cm³/mol. The van der Waals surface area contributed by atoms with Gasteiger partial charge in [-0.15, -0.1) is 5.10 Å². The van der Waals surface area contributed by atoms with Crippen LogP contribution in [0.4, 0.5) is 0 Å². The second kappa shape index (κ2) is 9.44. The minimum Gasteiger partial charge on any atom is -0.550 e. The SMILES string of the molecule is O=C([O-])C[C@@H]1S/C(=N\N=C/c2cccc(OCc3cccc4ccccc34)c2)NC1=O. The molecule has 8 heteroatoms. The molecule has 0 spiro atoms. The lowest BCUT2D eigenvalue weighted by Crippen LogP contribution is -2.31. The summed E-state index contributed by atoms with van der Waals surface area (Å²) in [6.45, 7) is 0.437. The molecule has 31 heavy (non-hydrogen) atoms. The first kappa shape index (κ1) is 20.6. The molecule has 0 aromatic heterocycles. The smallest absolute Gasteiger partial charge is 0.239 e. The first-order chi connectivity index (χ1) is 15.1. The molecule has 1 atom stereocenters. The summed E-state index contributed by atoms with van der Waals surface area (Å²) in [5.74, 6) is -0.994. The number of ether oxygens (including phenoxy) is 1. The second-order valence-electron chi connectivity index (χ2n) is 6.82. The molecule has 1 fully saturated rings. The highest BCUT2D eigenvalue weighted by Gasteiger charge is 2.30. The Morgan fingerprint density at radius 3 is 2.81 bits per heavy atom. The van der Waals surface area contributed by atoms with E-state index >= 15 is 0 Å². The summed E-state index contributed by atoms with van der Waals surface area (Å²) < 4.78 is 5.97. The number of carboxylic acids is 1. The van der Waals surface area contributed by atoms with E-state index in [-0.39, 0.29) is 11.6 Å². The average molecular weight is 432 g/mol. The third kappa shape index (κ3) is 5.29. The molecule has 1 aliphatic rings. The monoisotopic (exact) mass is 432 g/mol. The van der Waals surface area contributed by atoms with Crippen molar-refractivity contribution in [2.24, 2.45) is 10.2 Å². The van der Waals surface area contributed by atoms with Crippen molar-refractivity contribution in [3.8, 4) is 5.75 Å². The molecular formula is C23H18N3O4S-. The van der Waals surface area contributed by atoms with Crippen LogP contribution in [0.1, 0.15) is 17.5 Å². The molecule has 0 unspecified atom stereocenters. The van der Waals surface area contributed by atoms with E-state index < -0.39 is 17.1 Å². The lowest BCUT2D eigenvalue weighted by molar-refractivity contribution is -0.305. The van der Waals surface area contributed by atoms with Crippen molar-refractivity contribution in [1.29, 1.82) is 0 Å². The highest BCUT2D eigenvalue weighted by molar-refractivity contribution is 8.15. The zero-order valence-electron chi connectivity index (χ0n) is 16.4. The maximum absolute atomic E-state index is 11.7. The van der Waals surface area contributed by atoms with Crippen LogP contribution in [0.15, 0.2) is 76.9 Å². The third-order valence-electron chi connectivity index (χ3n) is 4.62. The molecule has 0 saturated carbocycles. The van der Waals surface area contributed by atoms with E-state index in [0.29, 0.717) is 12.4 Å². The quantitative estimate of drug-likeness (QED) is 0.456. The number of amidine groups is 1. The Bertz CT molecular complexity index is 1190. The van der Waals surface area contributed by atoms with Crippen molar-refractivity contribution < 1.29 is 19.4 Å². The Kier molecular flexibility index (Phi) is 6.28. The highest BCUT2D eigenvalue weighted by atomic mass is 32.2. The Labute approximate surface area is 182 Å². The van der Waals surface area contributed by atoms with Crippen LogP contribution in [0, 0.1) is 0 Å².